The lowest BCUT2D eigenvalue weighted by Gasteiger charge is -2.24. The standard InChI is InChI=1S/C35H41NO8/c1-5-43-22-26-19-31(40-2)33(32(20-26)41-3)27-15-13-24(14-16-27)18-28(34(38)42-4)21-30(37)29-12-9-17-36(29)35(39)44-23-25-10-7-6-8-11-25/h6-8,10-11,13-16,19-20,28-29H,5,9,12,17-18,21-23H2,1-4H3/t28-,29+/m1/s1. The van der Waals surface area contributed by atoms with Crippen molar-refractivity contribution in [1.82, 2.24) is 4.90 Å². The minimum atomic E-state index is -0.692. The highest BCUT2D eigenvalue weighted by molar-refractivity contribution is 5.91. The summed E-state index contributed by atoms with van der Waals surface area (Å²) in [6.07, 6.45) is 0.984. The van der Waals surface area contributed by atoms with Crippen LogP contribution in [0.1, 0.15) is 42.9 Å². The number of esters is 1. The van der Waals surface area contributed by atoms with Gasteiger partial charge in [0.15, 0.2) is 5.78 Å². The van der Waals surface area contributed by atoms with Gasteiger partial charge in [-0.2, -0.15) is 0 Å². The number of benzene rings is 3. The van der Waals surface area contributed by atoms with Gasteiger partial charge in [-0.1, -0.05) is 54.6 Å². The number of methoxy groups -OCH3 is 3. The number of amides is 1. The van der Waals surface area contributed by atoms with E-state index in [4.69, 9.17) is 23.7 Å². The number of ether oxygens (including phenoxy) is 5. The van der Waals surface area contributed by atoms with E-state index in [1.807, 2.05) is 73.7 Å². The number of carbonyl (C=O) groups excluding carboxylic acids is 3. The number of ketones is 1. The van der Waals surface area contributed by atoms with Crippen LogP contribution in [0.2, 0.25) is 0 Å². The number of Topliss-reactive ketones (excluding diaryl/α,β-unsaturated/α-hetero) is 1. The average Bonchev–Trinajstić information content (AvgIpc) is 3.56. The van der Waals surface area contributed by atoms with Crippen LogP contribution in [0.4, 0.5) is 4.79 Å². The van der Waals surface area contributed by atoms with Crippen LogP contribution in [0.15, 0.2) is 66.7 Å². The number of hydrogen-bond donors (Lipinski definition) is 0. The molecule has 9 nitrogen and oxygen atoms in total. The summed E-state index contributed by atoms with van der Waals surface area (Å²) >= 11 is 0. The smallest absolute Gasteiger partial charge is 0.410 e. The molecule has 234 valence electrons. The molecule has 0 saturated carbocycles. The molecule has 0 spiro atoms. The van der Waals surface area contributed by atoms with Crippen molar-refractivity contribution in [3.05, 3.63) is 83.4 Å². The van der Waals surface area contributed by atoms with Crippen molar-refractivity contribution in [3.8, 4) is 22.6 Å². The van der Waals surface area contributed by atoms with E-state index in [9.17, 15) is 14.4 Å². The second-order valence-corrected chi connectivity index (χ2v) is 10.7. The van der Waals surface area contributed by atoms with Crippen LogP contribution in [0, 0.1) is 5.92 Å². The van der Waals surface area contributed by atoms with Gasteiger partial charge in [0.05, 0.1) is 45.5 Å². The van der Waals surface area contributed by atoms with Gasteiger partial charge in [-0.25, -0.2) is 4.79 Å². The Morgan fingerprint density at radius 2 is 1.55 bits per heavy atom. The van der Waals surface area contributed by atoms with Gasteiger partial charge >= 0.3 is 12.1 Å². The predicted octanol–water partition coefficient (Wildman–Crippen LogP) is 6.00. The summed E-state index contributed by atoms with van der Waals surface area (Å²) in [5.74, 6) is -0.00999. The van der Waals surface area contributed by atoms with Crippen LogP contribution in [0.3, 0.4) is 0 Å². The lowest BCUT2D eigenvalue weighted by Crippen LogP contribution is -2.42. The zero-order chi connectivity index (χ0) is 31.5. The molecular formula is C35H41NO8. The number of carbonyl (C=O) groups is 3. The highest BCUT2D eigenvalue weighted by Gasteiger charge is 2.37. The topological polar surface area (TPSA) is 101 Å². The molecule has 1 aliphatic heterocycles. The summed E-state index contributed by atoms with van der Waals surface area (Å²) in [4.78, 5) is 40.5. The first-order chi connectivity index (χ1) is 21.4. The monoisotopic (exact) mass is 603 g/mol. The SMILES string of the molecule is CCOCc1cc(OC)c(-c2ccc(C[C@H](CC(=O)[C@@H]3CCCN3C(=O)OCc3ccccc3)C(=O)OC)cc2)c(OC)c1. The van der Waals surface area contributed by atoms with Crippen molar-refractivity contribution in [1.29, 1.82) is 0 Å². The fraction of sp³-hybridized carbons (Fsp3) is 0.400. The lowest BCUT2D eigenvalue weighted by atomic mass is 9.90. The van der Waals surface area contributed by atoms with Crippen LogP contribution in [0.5, 0.6) is 11.5 Å². The summed E-state index contributed by atoms with van der Waals surface area (Å²) in [5.41, 5.74) is 4.37. The quantitative estimate of drug-likeness (QED) is 0.207. The zero-order valence-electron chi connectivity index (χ0n) is 25.9. The Bertz CT molecular complexity index is 1380. The first kappa shape index (κ1) is 32.5. The fourth-order valence-corrected chi connectivity index (χ4v) is 5.55. The van der Waals surface area contributed by atoms with Crippen LogP contribution in [0.25, 0.3) is 11.1 Å². The molecule has 1 fully saturated rings. The highest BCUT2D eigenvalue weighted by atomic mass is 16.6. The fourth-order valence-electron chi connectivity index (χ4n) is 5.55. The van der Waals surface area contributed by atoms with E-state index in [0.29, 0.717) is 50.5 Å². The molecule has 1 aliphatic rings. The van der Waals surface area contributed by atoms with Crippen molar-refractivity contribution in [2.45, 2.75) is 51.9 Å². The summed E-state index contributed by atoms with van der Waals surface area (Å²) in [6.45, 7) is 3.56. The maximum Gasteiger partial charge on any atom is 0.410 e. The molecular weight excluding hydrogens is 562 g/mol. The molecule has 1 heterocycles. The van der Waals surface area contributed by atoms with E-state index in [1.54, 1.807) is 14.2 Å². The van der Waals surface area contributed by atoms with Gasteiger partial charge in [-0.15, -0.1) is 0 Å². The first-order valence-electron chi connectivity index (χ1n) is 14.9. The van der Waals surface area contributed by atoms with E-state index in [1.165, 1.54) is 12.0 Å². The number of hydrogen-bond acceptors (Lipinski definition) is 8. The second kappa shape index (κ2) is 15.9. The molecule has 0 unspecified atom stereocenters. The van der Waals surface area contributed by atoms with Crippen LogP contribution in [-0.2, 0) is 43.4 Å². The Labute approximate surface area is 259 Å². The Hall–Kier alpha value is -4.37. The molecule has 1 saturated heterocycles. The number of nitrogens with zero attached hydrogens (tertiary/aromatic N) is 1. The largest absolute Gasteiger partial charge is 0.496 e. The molecule has 0 bridgehead atoms. The Morgan fingerprint density at radius 1 is 0.864 bits per heavy atom. The first-order valence-corrected chi connectivity index (χ1v) is 14.9. The molecule has 3 aromatic rings. The molecule has 3 aromatic carbocycles. The number of likely N-dealkylation sites (tertiary alicyclic amines) is 1. The van der Waals surface area contributed by atoms with Gasteiger partial charge in [0.1, 0.15) is 18.1 Å². The minimum absolute atomic E-state index is 0.0372. The van der Waals surface area contributed by atoms with Crippen molar-refractivity contribution in [3.63, 3.8) is 0 Å². The Morgan fingerprint density at radius 3 is 2.16 bits per heavy atom. The average molecular weight is 604 g/mol. The molecule has 0 radical (unpaired) electrons. The maximum atomic E-state index is 13.4. The van der Waals surface area contributed by atoms with Gasteiger partial charge < -0.3 is 23.7 Å². The minimum Gasteiger partial charge on any atom is -0.496 e. The highest BCUT2D eigenvalue weighted by Crippen LogP contribution is 2.40. The molecule has 9 heteroatoms. The molecule has 0 N–H and O–H groups in total. The molecule has 44 heavy (non-hydrogen) atoms. The van der Waals surface area contributed by atoms with Gasteiger partial charge in [0, 0.05) is 19.6 Å². The van der Waals surface area contributed by atoms with E-state index >= 15 is 0 Å². The molecule has 0 aliphatic carbocycles. The third kappa shape index (κ3) is 8.17. The summed E-state index contributed by atoms with van der Waals surface area (Å²) in [6, 6.07) is 20.4. The Balaban J connectivity index is 1.45. The van der Waals surface area contributed by atoms with Gasteiger partial charge in [0.25, 0.3) is 0 Å². The van der Waals surface area contributed by atoms with E-state index in [-0.39, 0.29) is 18.8 Å². The van der Waals surface area contributed by atoms with Crippen molar-refractivity contribution < 1.29 is 38.1 Å². The second-order valence-electron chi connectivity index (χ2n) is 10.7. The van der Waals surface area contributed by atoms with Crippen LogP contribution < -0.4 is 9.47 Å². The molecule has 4 rings (SSSR count). The third-order valence-corrected chi connectivity index (χ3v) is 7.81. The maximum absolute atomic E-state index is 13.4. The van der Waals surface area contributed by atoms with Crippen molar-refractivity contribution in [2.24, 2.45) is 5.92 Å². The van der Waals surface area contributed by atoms with Gasteiger partial charge in [0.2, 0.25) is 0 Å². The van der Waals surface area contributed by atoms with E-state index < -0.39 is 24.0 Å². The van der Waals surface area contributed by atoms with Gasteiger partial charge in [-0.3, -0.25) is 14.5 Å². The van der Waals surface area contributed by atoms with E-state index in [2.05, 4.69) is 0 Å². The normalized spacial score (nSPS) is 15.0. The lowest BCUT2D eigenvalue weighted by molar-refractivity contribution is -0.147. The summed E-state index contributed by atoms with van der Waals surface area (Å²) < 4.78 is 27.5. The number of rotatable bonds is 14. The molecule has 0 aromatic heterocycles. The van der Waals surface area contributed by atoms with Crippen LogP contribution in [-0.4, -0.2) is 63.3 Å². The van der Waals surface area contributed by atoms with Crippen molar-refractivity contribution >= 4 is 17.8 Å². The summed E-state index contributed by atoms with van der Waals surface area (Å²) in [5, 5.41) is 0. The Kier molecular flexibility index (Phi) is 11.8. The molecule has 1 amide bonds. The van der Waals surface area contributed by atoms with Crippen LogP contribution >= 0.6 is 0 Å². The summed E-state index contributed by atoms with van der Waals surface area (Å²) in [7, 11) is 4.55. The third-order valence-electron chi connectivity index (χ3n) is 7.81. The van der Waals surface area contributed by atoms with Crippen molar-refractivity contribution in [2.75, 3.05) is 34.5 Å². The van der Waals surface area contributed by atoms with E-state index in [0.717, 1.165) is 27.8 Å². The van der Waals surface area contributed by atoms with Gasteiger partial charge in [-0.05, 0) is 60.6 Å². The zero-order valence-corrected chi connectivity index (χ0v) is 25.9. The molecule has 2 atom stereocenters. The predicted molar refractivity (Wildman–Crippen MR) is 166 cm³/mol.